The highest BCUT2D eigenvalue weighted by molar-refractivity contribution is 8.02. The Morgan fingerprint density at radius 1 is 1.00 bits per heavy atom. The molecule has 0 bridgehead atoms. The van der Waals surface area contributed by atoms with Gasteiger partial charge in [-0.25, -0.2) is 0 Å². The SMILES string of the molecule is CSC1=C2C=CC=C[C]2C=C1. The normalized spacial score (nSPS) is 21.5. The van der Waals surface area contributed by atoms with E-state index in [0.29, 0.717) is 0 Å². The van der Waals surface area contributed by atoms with Gasteiger partial charge < -0.3 is 0 Å². The van der Waals surface area contributed by atoms with Crippen molar-refractivity contribution in [3.8, 4) is 0 Å². The second-order valence-electron chi connectivity index (χ2n) is 2.49. The van der Waals surface area contributed by atoms with Gasteiger partial charge in [-0.1, -0.05) is 36.5 Å². The first kappa shape index (κ1) is 6.99. The lowest BCUT2D eigenvalue weighted by atomic mass is 9.98. The van der Waals surface area contributed by atoms with Crippen LogP contribution in [0.1, 0.15) is 0 Å². The van der Waals surface area contributed by atoms with Crippen molar-refractivity contribution in [2.75, 3.05) is 6.26 Å². The Labute approximate surface area is 71.4 Å². The van der Waals surface area contributed by atoms with E-state index in [0.717, 1.165) is 0 Å². The maximum Gasteiger partial charge on any atom is 0.0497 e. The number of fused-ring (bicyclic) bond motifs is 1. The van der Waals surface area contributed by atoms with E-state index in [-0.39, 0.29) is 0 Å². The highest BCUT2D eigenvalue weighted by Crippen LogP contribution is 2.35. The predicted octanol–water partition coefficient (Wildman–Crippen LogP) is 2.87. The lowest BCUT2D eigenvalue weighted by molar-refractivity contribution is 1.39. The molecule has 0 aromatic carbocycles. The van der Waals surface area contributed by atoms with Crippen LogP contribution >= 0.6 is 11.8 Å². The number of hydrogen-bond donors (Lipinski definition) is 0. The maximum absolute atomic E-state index is 2.18. The number of allylic oxidation sites excluding steroid dienone is 7. The Hall–Kier alpha value is -0.690. The van der Waals surface area contributed by atoms with E-state index in [1.54, 1.807) is 11.8 Å². The summed E-state index contributed by atoms with van der Waals surface area (Å²) in [5, 5.41) is 0. The van der Waals surface area contributed by atoms with Crippen LogP contribution in [0.4, 0.5) is 0 Å². The van der Waals surface area contributed by atoms with Gasteiger partial charge >= 0.3 is 0 Å². The zero-order valence-corrected chi connectivity index (χ0v) is 7.19. The van der Waals surface area contributed by atoms with E-state index in [1.807, 2.05) is 0 Å². The van der Waals surface area contributed by atoms with Crippen molar-refractivity contribution in [1.29, 1.82) is 0 Å². The molecule has 0 amide bonds. The summed E-state index contributed by atoms with van der Waals surface area (Å²) in [7, 11) is 0. The van der Waals surface area contributed by atoms with Gasteiger partial charge in [-0.15, -0.1) is 11.8 Å². The van der Waals surface area contributed by atoms with E-state index in [1.165, 1.54) is 16.4 Å². The molecule has 1 heteroatoms. The molecular weight excluding hydrogens is 152 g/mol. The zero-order chi connectivity index (χ0) is 7.68. The van der Waals surface area contributed by atoms with Crippen LogP contribution in [0.3, 0.4) is 0 Å². The molecule has 2 aliphatic carbocycles. The molecular formula is C10H9S. The van der Waals surface area contributed by atoms with Gasteiger partial charge in [-0.3, -0.25) is 0 Å². The molecule has 11 heavy (non-hydrogen) atoms. The van der Waals surface area contributed by atoms with Gasteiger partial charge in [0.05, 0.1) is 0 Å². The van der Waals surface area contributed by atoms with Gasteiger partial charge in [0.1, 0.15) is 0 Å². The number of thioether (sulfide) groups is 1. The van der Waals surface area contributed by atoms with Crippen LogP contribution in [0.5, 0.6) is 0 Å². The quantitative estimate of drug-likeness (QED) is 0.570. The number of rotatable bonds is 1. The van der Waals surface area contributed by atoms with Gasteiger partial charge in [-0.2, -0.15) is 0 Å². The second kappa shape index (κ2) is 2.74. The van der Waals surface area contributed by atoms with Gasteiger partial charge in [0.25, 0.3) is 0 Å². The molecule has 0 aliphatic heterocycles. The molecule has 0 spiro atoms. The molecule has 0 heterocycles. The second-order valence-corrected chi connectivity index (χ2v) is 3.34. The average Bonchev–Trinajstić information content (AvgIpc) is 2.47. The van der Waals surface area contributed by atoms with Crippen molar-refractivity contribution in [3.63, 3.8) is 0 Å². The Kier molecular flexibility index (Phi) is 1.74. The summed E-state index contributed by atoms with van der Waals surface area (Å²) in [6.07, 6.45) is 14.9. The van der Waals surface area contributed by atoms with Crippen LogP contribution < -0.4 is 0 Å². The highest BCUT2D eigenvalue weighted by Gasteiger charge is 2.17. The van der Waals surface area contributed by atoms with Crippen molar-refractivity contribution >= 4 is 11.8 Å². The Balaban J connectivity index is 2.39. The third-order valence-electron chi connectivity index (χ3n) is 1.86. The monoisotopic (exact) mass is 161 g/mol. The van der Waals surface area contributed by atoms with Crippen molar-refractivity contribution in [1.82, 2.24) is 0 Å². The van der Waals surface area contributed by atoms with E-state index in [2.05, 4.69) is 42.7 Å². The fraction of sp³-hybridized carbons (Fsp3) is 0.100. The van der Waals surface area contributed by atoms with E-state index < -0.39 is 0 Å². The first-order chi connectivity index (χ1) is 5.42. The first-order valence-electron chi connectivity index (χ1n) is 3.60. The minimum Gasteiger partial charge on any atom is -0.129 e. The van der Waals surface area contributed by atoms with Crippen molar-refractivity contribution in [2.24, 2.45) is 0 Å². The maximum atomic E-state index is 2.18. The van der Waals surface area contributed by atoms with Crippen LogP contribution in [0.2, 0.25) is 0 Å². The lowest BCUT2D eigenvalue weighted by Crippen LogP contribution is -1.91. The summed E-state index contributed by atoms with van der Waals surface area (Å²) >= 11 is 1.80. The molecule has 0 N–H and O–H groups in total. The molecule has 2 aliphatic rings. The Bertz CT molecular complexity index is 279. The molecule has 0 nitrogen and oxygen atoms in total. The van der Waals surface area contributed by atoms with Crippen molar-refractivity contribution in [2.45, 2.75) is 0 Å². The molecule has 0 fully saturated rings. The van der Waals surface area contributed by atoms with Gasteiger partial charge in [0, 0.05) is 10.8 Å². The molecule has 0 saturated heterocycles. The van der Waals surface area contributed by atoms with Crippen LogP contribution in [-0.2, 0) is 0 Å². The summed E-state index contributed by atoms with van der Waals surface area (Å²) in [6, 6.07) is 0. The summed E-state index contributed by atoms with van der Waals surface area (Å²) in [5.74, 6) is 1.34. The van der Waals surface area contributed by atoms with Gasteiger partial charge in [0.2, 0.25) is 0 Å². The predicted molar refractivity (Wildman–Crippen MR) is 51.2 cm³/mol. The fourth-order valence-corrected chi connectivity index (χ4v) is 1.91. The standard InChI is InChI=1S/C10H9S/c1-11-10-7-6-8-4-2-3-5-9(8)10/h2-7H,1H3. The molecule has 2 rings (SSSR count). The van der Waals surface area contributed by atoms with E-state index in [4.69, 9.17) is 0 Å². The van der Waals surface area contributed by atoms with Gasteiger partial charge in [0.15, 0.2) is 0 Å². The van der Waals surface area contributed by atoms with Crippen molar-refractivity contribution in [3.05, 3.63) is 52.9 Å². The highest BCUT2D eigenvalue weighted by atomic mass is 32.2. The van der Waals surface area contributed by atoms with Crippen LogP contribution in [0.25, 0.3) is 0 Å². The molecule has 0 unspecified atom stereocenters. The van der Waals surface area contributed by atoms with Crippen LogP contribution in [0, 0.1) is 5.92 Å². The molecule has 0 aromatic heterocycles. The zero-order valence-electron chi connectivity index (χ0n) is 6.37. The summed E-state index contributed by atoms with van der Waals surface area (Å²) in [6.45, 7) is 0. The topological polar surface area (TPSA) is 0 Å². The summed E-state index contributed by atoms with van der Waals surface area (Å²) < 4.78 is 0. The minimum atomic E-state index is 1.34. The van der Waals surface area contributed by atoms with E-state index in [9.17, 15) is 0 Å². The van der Waals surface area contributed by atoms with Crippen LogP contribution in [0.15, 0.2) is 46.9 Å². The van der Waals surface area contributed by atoms with E-state index >= 15 is 0 Å². The fourth-order valence-electron chi connectivity index (χ4n) is 1.30. The minimum absolute atomic E-state index is 1.34. The summed E-state index contributed by atoms with van der Waals surface area (Å²) in [4.78, 5) is 1.38. The van der Waals surface area contributed by atoms with Gasteiger partial charge in [-0.05, 0) is 11.8 Å². The summed E-state index contributed by atoms with van der Waals surface area (Å²) in [5.41, 5.74) is 1.38. The smallest absolute Gasteiger partial charge is 0.0497 e. The Morgan fingerprint density at radius 3 is 2.64 bits per heavy atom. The molecule has 55 valence electrons. The van der Waals surface area contributed by atoms with Crippen LogP contribution in [-0.4, -0.2) is 6.26 Å². The molecule has 0 atom stereocenters. The molecule has 0 saturated carbocycles. The lowest BCUT2D eigenvalue weighted by Gasteiger charge is -2.08. The Morgan fingerprint density at radius 2 is 1.82 bits per heavy atom. The molecule has 0 aromatic rings. The molecule has 1 radical (unpaired) electrons. The van der Waals surface area contributed by atoms with Crippen molar-refractivity contribution < 1.29 is 0 Å². The third kappa shape index (κ3) is 1.10. The third-order valence-corrected chi connectivity index (χ3v) is 2.66. The largest absolute Gasteiger partial charge is 0.129 e. The first-order valence-corrected chi connectivity index (χ1v) is 4.83. The number of hydrogen-bond acceptors (Lipinski definition) is 1. The average molecular weight is 161 g/mol.